The molecule has 1 aromatic rings. The molecule has 0 unspecified atom stereocenters. The van der Waals surface area contributed by atoms with Crippen molar-refractivity contribution in [2.75, 3.05) is 5.88 Å². The first kappa shape index (κ1) is 11.0. The zero-order valence-corrected chi connectivity index (χ0v) is 9.79. The van der Waals surface area contributed by atoms with Gasteiger partial charge in [-0.15, -0.1) is 22.9 Å². The third-order valence-corrected chi connectivity index (χ3v) is 2.97. The van der Waals surface area contributed by atoms with E-state index >= 15 is 0 Å². The van der Waals surface area contributed by atoms with Crippen LogP contribution in [0.2, 0.25) is 0 Å². The molecule has 74 valence electrons. The fraction of sp³-hybridized carbons (Fsp3) is 0.700. The first-order valence-electron chi connectivity index (χ1n) is 4.71. The maximum Gasteiger partial charge on any atom is 0.0928 e. The van der Waals surface area contributed by atoms with Gasteiger partial charge in [-0.2, -0.15) is 0 Å². The zero-order valence-electron chi connectivity index (χ0n) is 8.22. The Labute approximate surface area is 89.1 Å². The smallest absolute Gasteiger partial charge is 0.0928 e. The van der Waals surface area contributed by atoms with Gasteiger partial charge in [-0.1, -0.05) is 13.8 Å². The first-order valence-corrected chi connectivity index (χ1v) is 6.13. The van der Waals surface area contributed by atoms with Crippen LogP contribution in [0.1, 0.15) is 31.0 Å². The number of rotatable bonds is 5. The molecule has 1 heterocycles. The van der Waals surface area contributed by atoms with Crippen LogP contribution >= 0.6 is 22.9 Å². The van der Waals surface area contributed by atoms with Crippen molar-refractivity contribution in [3.8, 4) is 0 Å². The SMILES string of the molecule is CC(C)Cc1csc(CCCCl)n1. The molecule has 0 fully saturated rings. The van der Waals surface area contributed by atoms with Gasteiger partial charge in [0.25, 0.3) is 0 Å². The second-order valence-corrected chi connectivity index (χ2v) is 4.94. The third kappa shape index (κ3) is 4.10. The number of alkyl halides is 1. The fourth-order valence-corrected chi connectivity index (χ4v) is 2.18. The van der Waals surface area contributed by atoms with E-state index in [2.05, 4.69) is 24.2 Å². The number of hydrogen-bond donors (Lipinski definition) is 0. The van der Waals surface area contributed by atoms with Crippen LogP contribution in [-0.2, 0) is 12.8 Å². The molecule has 0 saturated heterocycles. The van der Waals surface area contributed by atoms with Gasteiger partial charge in [0, 0.05) is 17.7 Å². The maximum atomic E-state index is 5.62. The standard InChI is InChI=1S/C10H16ClNS/c1-8(2)6-9-7-13-10(12-9)4-3-5-11/h7-8H,3-6H2,1-2H3. The topological polar surface area (TPSA) is 12.9 Å². The van der Waals surface area contributed by atoms with Gasteiger partial charge >= 0.3 is 0 Å². The second kappa shape index (κ2) is 5.61. The Kier molecular flexibility index (Phi) is 4.74. The summed E-state index contributed by atoms with van der Waals surface area (Å²) in [6, 6.07) is 0. The Balaban J connectivity index is 2.44. The third-order valence-electron chi connectivity index (χ3n) is 1.74. The Morgan fingerprint density at radius 1 is 1.54 bits per heavy atom. The minimum atomic E-state index is 0.697. The summed E-state index contributed by atoms with van der Waals surface area (Å²) in [4.78, 5) is 4.55. The predicted molar refractivity (Wildman–Crippen MR) is 59.7 cm³/mol. The van der Waals surface area contributed by atoms with Crippen molar-refractivity contribution in [1.82, 2.24) is 4.98 Å². The van der Waals surface area contributed by atoms with E-state index in [0.717, 1.165) is 25.1 Å². The minimum absolute atomic E-state index is 0.697. The maximum absolute atomic E-state index is 5.62. The number of hydrogen-bond acceptors (Lipinski definition) is 2. The van der Waals surface area contributed by atoms with Crippen LogP contribution < -0.4 is 0 Å². The molecule has 0 atom stereocenters. The van der Waals surface area contributed by atoms with E-state index in [9.17, 15) is 0 Å². The molecule has 0 spiro atoms. The summed E-state index contributed by atoms with van der Waals surface area (Å²) >= 11 is 7.38. The van der Waals surface area contributed by atoms with Gasteiger partial charge in [0.05, 0.1) is 10.7 Å². The second-order valence-electron chi connectivity index (χ2n) is 3.62. The molecular weight excluding hydrogens is 202 g/mol. The van der Waals surface area contributed by atoms with Crippen molar-refractivity contribution >= 4 is 22.9 Å². The van der Waals surface area contributed by atoms with Crippen molar-refractivity contribution in [3.63, 3.8) is 0 Å². The Morgan fingerprint density at radius 2 is 2.31 bits per heavy atom. The molecule has 1 rings (SSSR count). The van der Waals surface area contributed by atoms with E-state index in [1.165, 1.54) is 10.7 Å². The van der Waals surface area contributed by atoms with Crippen molar-refractivity contribution < 1.29 is 0 Å². The summed E-state index contributed by atoms with van der Waals surface area (Å²) < 4.78 is 0. The molecule has 0 amide bonds. The number of nitrogens with zero attached hydrogens (tertiary/aromatic N) is 1. The van der Waals surface area contributed by atoms with Gasteiger partial charge in [-0.25, -0.2) is 4.98 Å². The average Bonchev–Trinajstić information content (AvgIpc) is 2.48. The molecule has 0 N–H and O–H groups in total. The molecule has 0 aliphatic carbocycles. The van der Waals surface area contributed by atoms with Crippen molar-refractivity contribution in [2.45, 2.75) is 33.1 Å². The summed E-state index contributed by atoms with van der Waals surface area (Å²) in [5.74, 6) is 1.43. The quantitative estimate of drug-likeness (QED) is 0.688. The lowest BCUT2D eigenvalue weighted by Crippen LogP contribution is -1.94. The molecule has 0 saturated carbocycles. The predicted octanol–water partition coefficient (Wildman–Crippen LogP) is 3.51. The van der Waals surface area contributed by atoms with E-state index in [-0.39, 0.29) is 0 Å². The van der Waals surface area contributed by atoms with Crippen LogP contribution in [0.25, 0.3) is 0 Å². The number of halogens is 1. The van der Waals surface area contributed by atoms with Gasteiger partial charge in [0.15, 0.2) is 0 Å². The van der Waals surface area contributed by atoms with Crippen LogP contribution in [0.3, 0.4) is 0 Å². The molecule has 0 aliphatic heterocycles. The lowest BCUT2D eigenvalue weighted by molar-refractivity contribution is 0.636. The van der Waals surface area contributed by atoms with Gasteiger partial charge in [0.1, 0.15) is 0 Å². The molecule has 0 aliphatic rings. The van der Waals surface area contributed by atoms with E-state index < -0.39 is 0 Å². The Bertz CT molecular complexity index is 245. The summed E-state index contributed by atoms with van der Waals surface area (Å²) in [5.41, 5.74) is 1.24. The first-order chi connectivity index (χ1) is 6.22. The van der Waals surface area contributed by atoms with Crippen LogP contribution in [0.5, 0.6) is 0 Å². The van der Waals surface area contributed by atoms with E-state index in [0.29, 0.717) is 5.92 Å². The van der Waals surface area contributed by atoms with Crippen molar-refractivity contribution in [3.05, 3.63) is 16.1 Å². The summed E-state index contributed by atoms with van der Waals surface area (Å²) in [6.45, 7) is 4.44. The molecule has 1 aromatic heterocycles. The summed E-state index contributed by atoms with van der Waals surface area (Å²) in [6.07, 6.45) is 3.17. The van der Waals surface area contributed by atoms with Gasteiger partial charge in [0.2, 0.25) is 0 Å². The van der Waals surface area contributed by atoms with Gasteiger partial charge < -0.3 is 0 Å². The molecule has 0 radical (unpaired) electrons. The van der Waals surface area contributed by atoms with Crippen LogP contribution in [0, 0.1) is 5.92 Å². The van der Waals surface area contributed by atoms with Gasteiger partial charge in [-0.05, 0) is 18.8 Å². The number of thiazole rings is 1. The summed E-state index contributed by atoms with van der Waals surface area (Å²) in [5, 5.41) is 3.40. The highest BCUT2D eigenvalue weighted by atomic mass is 35.5. The summed E-state index contributed by atoms with van der Waals surface area (Å²) in [7, 11) is 0. The average molecular weight is 218 g/mol. The number of aromatic nitrogens is 1. The van der Waals surface area contributed by atoms with Gasteiger partial charge in [-0.3, -0.25) is 0 Å². The zero-order chi connectivity index (χ0) is 9.68. The molecule has 0 bridgehead atoms. The highest BCUT2D eigenvalue weighted by molar-refractivity contribution is 7.09. The van der Waals surface area contributed by atoms with Crippen LogP contribution in [0.4, 0.5) is 0 Å². The van der Waals surface area contributed by atoms with E-state index in [1.54, 1.807) is 11.3 Å². The van der Waals surface area contributed by atoms with E-state index in [4.69, 9.17) is 11.6 Å². The van der Waals surface area contributed by atoms with Crippen molar-refractivity contribution in [2.24, 2.45) is 5.92 Å². The molecule has 1 nitrogen and oxygen atoms in total. The Morgan fingerprint density at radius 3 is 2.92 bits per heavy atom. The lowest BCUT2D eigenvalue weighted by atomic mass is 10.1. The number of aryl methyl sites for hydroxylation is 1. The molecule has 3 heteroatoms. The molecule has 13 heavy (non-hydrogen) atoms. The van der Waals surface area contributed by atoms with E-state index in [1.807, 2.05) is 0 Å². The lowest BCUT2D eigenvalue weighted by Gasteiger charge is -1.98. The Hall–Kier alpha value is -0.0800. The molecular formula is C10H16ClNS. The highest BCUT2D eigenvalue weighted by Crippen LogP contribution is 2.14. The monoisotopic (exact) mass is 217 g/mol. The highest BCUT2D eigenvalue weighted by Gasteiger charge is 2.03. The largest absolute Gasteiger partial charge is 0.246 e. The normalized spacial score (nSPS) is 11.1. The fourth-order valence-electron chi connectivity index (χ4n) is 1.19. The van der Waals surface area contributed by atoms with Crippen LogP contribution in [-0.4, -0.2) is 10.9 Å². The molecule has 0 aromatic carbocycles. The van der Waals surface area contributed by atoms with Crippen molar-refractivity contribution in [1.29, 1.82) is 0 Å². The minimum Gasteiger partial charge on any atom is -0.246 e. The van der Waals surface area contributed by atoms with Crippen LogP contribution in [0.15, 0.2) is 5.38 Å².